The lowest BCUT2D eigenvalue weighted by atomic mass is 9.78. The number of hydrogen-bond donors (Lipinski definition) is 0. The van der Waals surface area contributed by atoms with Gasteiger partial charge in [0, 0.05) is 26.2 Å². The molecule has 6 nitrogen and oxygen atoms in total. The quantitative estimate of drug-likeness (QED) is 0.797. The predicted octanol–water partition coefficient (Wildman–Crippen LogP) is 2.57. The van der Waals surface area contributed by atoms with Gasteiger partial charge in [0.15, 0.2) is 11.5 Å². The molecule has 1 spiro atoms. The van der Waals surface area contributed by atoms with Crippen molar-refractivity contribution in [2.75, 3.05) is 40.4 Å². The van der Waals surface area contributed by atoms with Gasteiger partial charge < -0.3 is 19.3 Å². The predicted molar refractivity (Wildman–Crippen MR) is 101 cm³/mol. The molecule has 1 aromatic carbocycles. The van der Waals surface area contributed by atoms with Crippen molar-refractivity contribution >= 4 is 11.8 Å². The van der Waals surface area contributed by atoms with Gasteiger partial charge in [0.2, 0.25) is 5.91 Å². The molecule has 1 saturated carbocycles. The number of rotatable bonds is 5. The van der Waals surface area contributed by atoms with Gasteiger partial charge >= 0.3 is 0 Å². The van der Waals surface area contributed by atoms with Crippen molar-refractivity contribution in [1.29, 1.82) is 0 Å². The van der Waals surface area contributed by atoms with Crippen molar-refractivity contribution in [3.8, 4) is 11.5 Å². The molecule has 1 atom stereocenters. The molecule has 2 saturated heterocycles. The minimum Gasteiger partial charge on any atom is -0.493 e. The summed E-state index contributed by atoms with van der Waals surface area (Å²) in [6, 6.07) is 5.34. The highest BCUT2D eigenvalue weighted by atomic mass is 16.5. The van der Waals surface area contributed by atoms with Gasteiger partial charge in [-0.15, -0.1) is 0 Å². The highest BCUT2D eigenvalue weighted by molar-refractivity contribution is 5.98. The molecule has 1 aliphatic carbocycles. The van der Waals surface area contributed by atoms with Gasteiger partial charge in [-0.05, 0) is 50.2 Å². The van der Waals surface area contributed by atoms with E-state index in [0.29, 0.717) is 36.1 Å². The van der Waals surface area contributed by atoms with Crippen LogP contribution < -0.4 is 9.47 Å². The Kier molecular flexibility index (Phi) is 4.74. The molecule has 3 fully saturated rings. The Labute approximate surface area is 160 Å². The monoisotopic (exact) mass is 372 g/mol. The molecule has 6 heteroatoms. The van der Waals surface area contributed by atoms with Gasteiger partial charge in [-0.25, -0.2) is 0 Å². The Morgan fingerprint density at radius 1 is 1.19 bits per heavy atom. The molecule has 0 unspecified atom stereocenters. The molecule has 0 radical (unpaired) electrons. The average Bonchev–Trinajstić information content (AvgIpc) is 3.41. The Hall–Kier alpha value is -2.24. The van der Waals surface area contributed by atoms with Crippen LogP contribution in [0.25, 0.3) is 0 Å². The Morgan fingerprint density at radius 3 is 2.70 bits per heavy atom. The van der Waals surface area contributed by atoms with Crippen LogP contribution in [0.15, 0.2) is 18.2 Å². The second kappa shape index (κ2) is 7.06. The van der Waals surface area contributed by atoms with E-state index in [0.717, 1.165) is 32.4 Å². The van der Waals surface area contributed by atoms with Gasteiger partial charge in [0.05, 0.1) is 25.2 Å². The summed E-state index contributed by atoms with van der Waals surface area (Å²) < 4.78 is 10.7. The number of likely N-dealkylation sites (tertiary alicyclic amines) is 2. The molecule has 3 aliphatic rings. The van der Waals surface area contributed by atoms with Crippen molar-refractivity contribution in [3.05, 3.63) is 23.8 Å². The summed E-state index contributed by atoms with van der Waals surface area (Å²) in [4.78, 5) is 30.2. The van der Waals surface area contributed by atoms with Crippen molar-refractivity contribution < 1.29 is 19.1 Å². The van der Waals surface area contributed by atoms with E-state index in [2.05, 4.69) is 4.90 Å². The molecule has 4 rings (SSSR count). The summed E-state index contributed by atoms with van der Waals surface area (Å²) >= 11 is 0. The van der Waals surface area contributed by atoms with E-state index in [4.69, 9.17) is 9.47 Å². The first-order valence-electron chi connectivity index (χ1n) is 9.87. The van der Waals surface area contributed by atoms with E-state index in [9.17, 15) is 9.59 Å². The largest absolute Gasteiger partial charge is 0.493 e. The zero-order valence-electron chi connectivity index (χ0n) is 16.2. The van der Waals surface area contributed by atoms with Crippen LogP contribution in [0.1, 0.15) is 42.5 Å². The number of para-hydroxylation sites is 1. The van der Waals surface area contributed by atoms with Gasteiger partial charge in [-0.1, -0.05) is 6.07 Å². The summed E-state index contributed by atoms with van der Waals surface area (Å²) in [5, 5.41) is 0. The molecule has 146 valence electrons. The van der Waals surface area contributed by atoms with E-state index in [1.165, 1.54) is 12.8 Å². The lowest BCUT2D eigenvalue weighted by molar-refractivity contribution is -0.145. The molecule has 0 aromatic heterocycles. The smallest absolute Gasteiger partial charge is 0.257 e. The molecular weight excluding hydrogens is 344 g/mol. The SMILES string of the molecule is COc1cccc(C(=O)N2CC[C@]3(CCCN(CC4CC4)C3=O)C2)c1OC. The summed E-state index contributed by atoms with van der Waals surface area (Å²) in [6.45, 7) is 2.89. The lowest BCUT2D eigenvalue weighted by Crippen LogP contribution is -2.50. The van der Waals surface area contributed by atoms with Gasteiger partial charge in [-0.2, -0.15) is 0 Å². The first kappa shape index (κ1) is 18.1. The minimum atomic E-state index is -0.394. The number of piperidine rings is 1. The average molecular weight is 372 g/mol. The van der Waals surface area contributed by atoms with Crippen LogP contribution >= 0.6 is 0 Å². The second-order valence-corrected chi connectivity index (χ2v) is 8.10. The summed E-state index contributed by atoms with van der Waals surface area (Å²) in [5.74, 6) is 1.87. The van der Waals surface area contributed by atoms with E-state index in [1.54, 1.807) is 32.4 Å². The fourth-order valence-electron chi connectivity index (χ4n) is 4.59. The van der Waals surface area contributed by atoms with E-state index in [1.807, 2.05) is 4.90 Å². The fourth-order valence-corrected chi connectivity index (χ4v) is 4.59. The molecular formula is C21H28N2O4. The van der Waals surface area contributed by atoms with E-state index >= 15 is 0 Å². The van der Waals surface area contributed by atoms with Crippen LogP contribution in [0.3, 0.4) is 0 Å². The number of ether oxygens (including phenoxy) is 2. The van der Waals surface area contributed by atoms with Crippen LogP contribution in [0.2, 0.25) is 0 Å². The summed E-state index contributed by atoms with van der Waals surface area (Å²) in [7, 11) is 3.10. The number of amides is 2. The zero-order valence-corrected chi connectivity index (χ0v) is 16.2. The summed E-state index contributed by atoms with van der Waals surface area (Å²) in [6.07, 6.45) is 5.16. The third kappa shape index (κ3) is 3.26. The zero-order chi connectivity index (χ0) is 19.0. The van der Waals surface area contributed by atoms with Gasteiger partial charge in [0.1, 0.15) is 0 Å². The van der Waals surface area contributed by atoms with Crippen LogP contribution in [-0.2, 0) is 4.79 Å². The molecule has 27 heavy (non-hydrogen) atoms. The molecule has 0 N–H and O–H groups in total. The molecule has 1 aromatic rings. The highest BCUT2D eigenvalue weighted by Gasteiger charge is 2.50. The van der Waals surface area contributed by atoms with Crippen LogP contribution in [0, 0.1) is 11.3 Å². The van der Waals surface area contributed by atoms with Crippen LogP contribution in [0.4, 0.5) is 0 Å². The number of benzene rings is 1. The first-order valence-corrected chi connectivity index (χ1v) is 9.87. The minimum absolute atomic E-state index is 0.0882. The number of nitrogens with zero attached hydrogens (tertiary/aromatic N) is 2. The number of methoxy groups -OCH3 is 2. The van der Waals surface area contributed by atoms with Crippen molar-refractivity contribution in [2.45, 2.75) is 32.1 Å². The first-order chi connectivity index (χ1) is 13.1. The number of carbonyl (C=O) groups is 2. The maximum Gasteiger partial charge on any atom is 0.257 e. The maximum absolute atomic E-state index is 13.2. The third-order valence-corrected chi connectivity index (χ3v) is 6.27. The van der Waals surface area contributed by atoms with Gasteiger partial charge in [-0.3, -0.25) is 9.59 Å². The standard InChI is InChI=1S/C21H28N2O4/c1-26-17-6-3-5-16(18(17)27-2)19(24)23-12-10-21(14-23)9-4-11-22(20(21)25)13-15-7-8-15/h3,5-6,15H,4,7-14H2,1-2H3/t21-/m1/s1. The molecule has 2 amide bonds. The molecule has 2 heterocycles. The Morgan fingerprint density at radius 2 is 2.00 bits per heavy atom. The van der Waals surface area contributed by atoms with Crippen molar-refractivity contribution in [1.82, 2.24) is 9.80 Å². The fraction of sp³-hybridized carbons (Fsp3) is 0.619. The van der Waals surface area contributed by atoms with E-state index in [-0.39, 0.29) is 11.8 Å². The second-order valence-electron chi connectivity index (χ2n) is 8.10. The Bertz CT molecular complexity index is 746. The normalized spacial score (nSPS) is 25.2. The molecule has 2 aliphatic heterocycles. The third-order valence-electron chi connectivity index (χ3n) is 6.27. The summed E-state index contributed by atoms with van der Waals surface area (Å²) in [5.41, 5.74) is 0.0986. The highest BCUT2D eigenvalue weighted by Crippen LogP contribution is 2.42. The Balaban J connectivity index is 1.52. The van der Waals surface area contributed by atoms with Crippen LogP contribution in [0.5, 0.6) is 11.5 Å². The number of carbonyl (C=O) groups excluding carboxylic acids is 2. The van der Waals surface area contributed by atoms with Crippen molar-refractivity contribution in [2.24, 2.45) is 11.3 Å². The number of hydrogen-bond acceptors (Lipinski definition) is 4. The van der Waals surface area contributed by atoms with Gasteiger partial charge in [0.25, 0.3) is 5.91 Å². The van der Waals surface area contributed by atoms with Crippen molar-refractivity contribution in [3.63, 3.8) is 0 Å². The lowest BCUT2D eigenvalue weighted by Gasteiger charge is -2.39. The van der Waals surface area contributed by atoms with E-state index < -0.39 is 5.41 Å². The maximum atomic E-state index is 13.2. The topological polar surface area (TPSA) is 59.1 Å². The van der Waals surface area contributed by atoms with Crippen LogP contribution in [-0.4, -0.2) is 62.0 Å². The molecule has 0 bridgehead atoms.